The lowest BCUT2D eigenvalue weighted by molar-refractivity contribution is -0.155. The van der Waals surface area contributed by atoms with E-state index < -0.39 is 11.9 Å². The molecule has 0 aromatic carbocycles. The standard InChI is InChI=1S/C8H10O5/c9-5-12-7(10)3-4-8(11)13-6-1-2-6/h5-6H,1-4H2. The van der Waals surface area contributed by atoms with E-state index >= 15 is 0 Å². The van der Waals surface area contributed by atoms with Crippen LogP contribution >= 0.6 is 0 Å². The fraction of sp³-hybridized carbons (Fsp3) is 0.625. The Hall–Kier alpha value is -1.39. The first-order valence-corrected chi connectivity index (χ1v) is 4.05. The Bertz CT molecular complexity index is 219. The molecule has 0 radical (unpaired) electrons. The van der Waals surface area contributed by atoms with Gasteiger partial charge in [0.25, 0.3) is 0 Å². The molecule has 0 aromatic rings. The van der Waals surface area contributed by atoms with Crippen molar-refractivity contribution in [3.05, 3.63) is 0 Å². The smallest absolute Gasteiger partial charge is 0.313 e. The number of hydrogen-bond donors (Lipinski definition) is 0. The molecular formula is C8H10O5. The van der Waals surface area contributed by atoms with E-state index in [2.05, 4.69) is 4.74 Å². The maximum absolute atomic E-state index is 10.9. The zero-order valence-corrected chi connectivity index (χ0v) is 7.02. The summed E-state index contributed by atoms with van der Waals surface area (Å²) in [5.74, 6) is -1.12. The number of rotatable bonds is 5. The number of ether oxygens (including phenoxy) is 2. The minimum Gasteiger partial charge on any atom is -0.462 e. The maximum atomic E-state index is 10.9. The molecule has 0 atom stereocenters. The van der Waals surface area contributed by atoms with Crippen molar-refractivity contribution in [2.24, 2.45) is 0 Å². The first kappa shape index (κ1) is 9.70. The summed E-state index contributed by atoms with van der Waals surface area (Å²) in [6, 6.07) is 0. The molecule has 0 N–H and O–H groups in total. The molecule has 5 heteroatoms. The number of hydrogen-bond acceptors (Lipinski definition) is 5. The van der Waals surface area contributed by atoms with Gasteiger partial charge in [-0.3, -0.25) is 14.4 Å². The van der Waals surface area contributed by atoms with Crippen LogP contribution in [0.5, 0.6) is 0 Å². The third kappa shape index (κ3) is 4.25. The van der Waals surface area contributed by atoms with Crippen molar-refractivity contribution in [1.82, 2.24) is 0 Å². The van der Waals surface area contributed by atoms with Crippen LogP contribution in [0.2, 0.25) is 0 Å². The fourth-order valence-corrected chi connectivity index (χ4v) is 0.747. The second-order valence-electron chi connectivity index (χ2n) is 2.78. The molecule has 0 bridgehead atoms. The highest BCUT2D eigenvalue weighted by molar-refractivity contribution is 5.81. The van der Waals surface area contributed by atoms with Crippen molar-refractivity contribution in [2.75, 3.05) is 0 Å². The molecule has 0 heterocycles. The van der Waals surface area contributed by atoms with Gasteiger partial charge >= 0.3 is 18.4 Å². The molecule has 0 aliphatic heterocycles. The molecule has 5 nitrogen and oxygen atoms in total. The highest BCUT2D eigenvalue weighted by Gasteiger charge is 2.25. The van der Waals surface area contributed by atoms with Crippen molar-refractivity contribution < 1.29 is 23.9 Å². The topological polar surface area (TPSA) is 69.7 Å². The molecule has 1 aliphatic rings. The third-order valence-corrected chi connectivity index (χ3v) is 1.54. The maximum Gasteiger partial charge on any atom is 0.313 e. The molecule has 72 valence electrons. The highest BCUT2D eigenvalue weighted by Crippen LogP contribution is 2.23. The van der Waals surface area contributed by atoms with E-state index in [4.69, 9.17) is 4.74 Å². The second-order valence-corrected chi connectivity index (χ2v) is 2.78. The Balaban J connectivity index is 2.05. The number of esters is 2. The number of carbonyl (C=O) groups is 3. The van der Waals surface area contributed by atoms with Gasteiger partial charge in [-0.1, -0.05) is 0 Å². The van der Waals surface area contributed by atoms with Crippen LogP contribution in [-0.4, -0.2) is 24.5 Å². The van der Waals surface area contributed by atoms with Gasteiger partial charge in [0.1, 0.15) is 6.10 Å². The van der Waals surface area contributed by atoms with Gasteiger partial charge in [0.05, 0.1) is 12.8 Å². The third-order valence-electron chi connectivity index (χ3n) is 1.54. The molecule has 1 rings (SSSR count). The van der Waals surface area contributed by atoms with Gasteiger partial charge in [0.15, 0.2) is 0 Å². The van der Waals surface area contributed by atoms with E-state index in [1.807, 2.05) is 0 Å². The number of carbonyl (C=O) groups excluding carboxylic acids is 3. The van der Waals surface area contributed by atoms with Crippen LogP contribution < -0.4 is 0 Å². The Labute approximate surface area is 75.0 Å². The van der Waals surface area contributed by atoms with Crippen LogP contribution in [-0.2, 0) is 23.9 Å². The van der Waals surface area contributed by atoms with E-state index in [-0.39, 0.29) is 25.4 Å². The lowest BCUT2D eigenvalue weighted by Crippen LogP contribution is -2.10. The van der Waals surface area contributed by atoms with E-state index in [1.54, 1.807) is 0 Å². The lowest BCUT2D eigenvalue weighted by atomic mass is 10.3. The van der Waals surface area contributed by atoms with Gasteiger partial charge in [-0.05, 0) is 12.8 Å². The fourth-order valence-electron chi connectivity index (χ4n) is 0.747. The minimum atomic E-state index is -0.706. The summed E-state index contributed by atoms with van der Waals surface area (Å²) in [5, 5.41) is 0. The first-order chi connectivity index (χ1) is 6.22. The van der Waals surface area contributed by atoms with Gasteiger partial charge in [-0.2, -0.15) is 0 Å². The largest absolute Gasteiger partial charge is 0.462 e. The molecule has 1 aliphatic carbocycles. The van der Waals surface area contributed by atoms with Gasteiger partial charge in [0, 0.05) is 0 Å². The molecule has 0 unspecified atom stereocenters. The van der Waals surface area contributed by atoms with Crippen LogP contribution in [0.25, 0.3) is 0 Å². The quantitative estimate of drug-likeness (QED) is 0.348. The predicted octanol–water partition coefficient (Wildman–Crippen LogP) is 0.172. The van der Waals surface area contributed by atoms with Crippen molar-refractivity contribution in [3.63, 3.8) is 0 Å². The van der Waals surface area contributed by atoms with Gasteiger partial charge in [-0.15, -0.1) is 0 Å². The van der Waals surface area contributed by atoms with Crippen LogP contribution in [0.3, 0.4) is 0 Å². The van der Waals surface area contributed by atoms with E-state index in [1.165, 1.54) is 0 Å². The molecular weight excluding hydrogens is 176 g/mol. The summed E-state index contributed by atoms with van der Waals surface area (Å²) in [5.41, 5.74) is 0. The predicted molar refractivity (Wildman–Crippen MR) is 40.5 cm³/mol. The Kier molecular flexibility index (Phi) is 3.42. The van der Waals surface area contributed by atoms with Crippen molar-refractivity contribution in [2.45, 2.75) is 31.8 Å². The SMILES string of the molecule is O=COC(=O)CCC(=O)OC1CC1. The van der Waals surface area contributed by atoms with E-state index in [0.717, 1.165) is 12.8 Å². The molecule has 1 saturated carbocycles. The lowest BCUT2D eigenvalue weighted by Gasteiger charge is -2.00. The van der Waals surface area contributed by atoms with Gasteiger partial charge < -0.3 is 9.47 Å². The molecule has 0 saturated heterocycles. The Morgan fingerprint density at radius 1 is 1.23 bits per heavy atom. The summed E-state index contributed by atoms with van der Waals surface area (Å²) in [4.78, 5) is 31.2. The van der Waals surface area contributed by atoms with Crippen molar-refractivity contribution in [1.29, 1.82) is 0 Å². The summed E-state index contributed by atoms with van der Waals surface area (Å²) < 4.78 is 8.84. The average Bonchev–Trinajstić information content (AvgIpc) is 2.85. The average molecular weight is 186 g/mol. The Morgan fingerprint density at radius 3 is 2.38 bits per heavy atom. The first-order valence-electron chi connectivity index (χ1n) is 4.05. The molecule has 13 heavy (non-hydrogen) atoms. The van der Waals surface area contributed by atoms with Crippen LogP contribution in [0.4, 0.5) is 0 Å². The zero-order valence-electron chi connectivity index (χ0n) is 7.02. The van der Waals surface area contributed by atoms with Crippen molar-refractivity contribution in [3.8, 4) is 0 Å². The monoisotopic (exact) mass is 186 g/mol. The van der Waals surface area contributed by atoms with Gasteiger partial charge in [0.2, 0.25) is 0 Å². The van der Waals surface area contributed by atoms with Crippen LogP contribution in [0.15, 0.2) is 0 Å². The molecule has 1 fully saturated rings. The van der Waals surface area contributed by atoms with Gasteiger partial charge in [-0.25, -0.2) is 0 Å². The Morgan fingerprint density at radius 2 is 1.85 bits per heavy atom. The molecule has 0 aromatic heterocycles. The summed E-state index contributed by atoms with van der Waals surface area (Å²) in [6.45, 7) is 0.0502. The summed E-state index contributed by atoms with van der Waals surface area (Å²) in [7, 11) is 0. The molecule has 0 spiro atoms. The van der Waals surface area contributed by atoms with E-state index in [0.29, 0.717) is 0 Å². The summed E-state index contributed by atoms with van der Waals surface area (Å²) >= 11 is 0. The van der Waals surface area contributed by atoms with Crippen molar-refractivity contribution >= 4 is 18.4 Å². The van der Waals surface area contributed by atoms with E-state index in [9.17, 15) is 14.4 Å². The normalized spacial score (nSPS) is 14.8. The minimum absolute atomic E-state index is 0.0246. The second kappa shape index (κ2) is 4.59. The zero-order chi connectivity index (χ0) is 9.68. The highest BCUT2D eigenvalue weighted by atomic mass is 16.6. The van der Waals surface area contributed by atoms with Crippen LogP contribution in [0.1, 0.15) is 25.7 Å². The van der Waals surface area contributed by atoms with Crippen LogP contribution in [0, 0.1) is 0 Å². The molecule has 0 amide bonds. The summed E-state index contributed by atoms with van der Waals surface area (Å²) in [6.07, 6.45) is 1.73.